The van der Waals surface area contributed by atoms with Gasteiger partial charge in [0.2, 0.25) is 5.91 Å². The summed E-state index contributed by atoms with van der Waals surface area (Å²) in [7, 11) is 0. The summed E-state index contributed by atoms with van der Waals surface area (Å²) in [4.78, 5) is 12.0. The first-order valence-corrected chi connectivity index (χ1v) is 6.28. The molecule has 1 N–H and O–H groups in total. The highest BCUT2D eigenvalue weighted by molar-refractivity contribution is 5.86. The molecule has 0 aromatic heterocycles. The first-order valence-electron chi connectivity index (χ1n) is 6.28. The van der Waals surface area contributed by atoms with Crippen molar-refractivity contribution in [3.8, 4) is 6.07 Å². The number of amides is 1. The molecular weight excluding hydrogens is 274 g/mol. The van der Waals surface area contributed by atoms with Crippen LogP contribution in [0.1, 0.15) is 17.0 Å². The van der Waals surface area contributed by atoms with Gasteiger partial charge in [0.25, 0.3) is 0 Å². The van der Waals surface area contributed by atoms with Gasteiger partial charge < -0.3 is 5.32 Å². The number of hydrogen-bond donors (Lipinski definition) is 1. The molecular formula is C16H12F2N2O. The van der Waals surface area contributed by atoms with Crippen molar-refractivity contribution in [3.63, 3.8) is 0 Å². The van der Waals surface area contributed by atoms with Gasteiger partial charge in [-0.1, -0.05) is 30.3 Å². The third-order valence-corrected chi connectivity index (χ3v) is 2.99. The lowest BCUT2D eigenvalue weighted by Gasteiger charge is -2.11. The lowest BCUT2D eigenvalue weighted by atomic mass is 10.00. The van der Waals surface area contributed by atoms with Gasteiger partial charge in [0.1, 0.15) is 17.6 Å². The van der Waals surface area contributed by atoms with Gasteiger partial charge in [-0.05, 0) is 23.8 Å². The van der Waals surface area contributed by atoms with Crippen LogP contribution in [0.2, 0.25) is 0 Å². The predicted molar refractivity (Wildman–Crippen MR) is 73.0 cm³/mol. The molecule has 1 atom stereocenters. The Bertz CT molecular complexity index is 680. The van der Waals surface area contributed by atoms with Crippen molar-refractivity contribution in [1.82, 2.24) is 5.32 Å². The molecule has 0 bridgehead atoms. The van der Waals surface area contributed by atoms with Gasteiger partial charge in [0.15, 0.2) is 0 Å². The number of rotatable bonds is 4. The van der Waals surface area contributed by atoms with E-state index in [1.807, 2.05) is 6.07 Å². The highest BCUT2D eigenvalue weighted by atomic mass is 19.1. The molecule has 5 heteroatoms. The molecule has 0 saturated heterocycles. The van der Waals surface area contributed by atoms with Crippen molar-refractivity contribution in [2.75, 3.05) is 0 Å². The van der Waals surface area contributed by atoms with Crippen LogP contribution in [0.15, 0.2) is 48.5 Å². The number of benzene rings is 2. The Labute approximate surface area is 120 Å². The van der Waals surface area contributed by atoms with Gasteiger partial charge in [-0.3, -0.25) is 4.79 Å². The van der Waals surface area contributed by atoms with E-state index in [2.05, 4.69) is 5.32 Å². The van der Waals surface area contributed by atoms with Crippen molar-refractivity contribution in [2.24, 2.45) is 0 Å². The summed E-state index contributed by atoms with van der Waals surface area (Å²) >= 11 is 0. The van der Waals surface area contributed by atoms with E-state index in [1.54, 1.807) is 30.3 Å². The van der Waals surface area contributed by atoms with Crippen LogP contribution < -0.4 is 5.32 Å². The van der Waals surface area contributed by atoms with Crippen molar-refractivity contribution < 1.29 is 13.6 Å². The molecule has 0 aliphatic heterocycles. The van der Waals surface area contributed by atoms with Crippen molar-refractivity contribution in [2.45, 2.75) is 12.5 Å². The number of nitrogens with one attached hydrogen (secondary N) is 1. The molecule has 2 aromatic rings. The summed E-state index contributed by atoms with van der Waals surface area (Å²) in [5.41, 5.74) is 0.588. The Balaban J connectivity index is 2.07. The third-order valence-electron chi connectivity index (χ3n) is 2.99. The Morgan fingerprint density at radius 1 is 1.19 bits per heavy atom. The average Bonchev–Trinajstić information content (AvgIpc) is 2.50. The van der Waals surface area contributed by atoms with Gasteiger partial charge >= 0.3 is 0 Å². The Kier molecular flexibility index (Phi) is 4.62. The van der Waals surface area contributed by atoms with Crippen molar-refractivity contribution in [1.29, 1.82) is 5.26 Å². The maximum atomic E-state index is 13.4. The zero-order chi connectivity index (χ0) is 15.2. The van der Waals surface area contributed by atoms with Gasteiger partial charge in [-0.2, -0.15) is 5.26 Å². The quantitative estimate of drug-likeness (QED) is 0.939. The Morgan fingerprint density at radius 3 is 2.57 bits per heavy atom. The maximum Gasteiger partial charge on any atom is 0.242 e. The summed E-state index contributed by atoms with van der Waals surface area (Å²) in [6.07, 6.45) is 0. The highest BCUT2D eigenvalue weighted by Crippen LogP contribution is 2.15. The van der Waals surface area contributed by atoms with Crippen LogP contribution >= 0.6 is 0 Å². The van der Waals surface area contributed by atoms with E-state index in [-0.39, 0.29) is 12.1 Å². The number of carbonyl (C=O) groups is 1. The zero-order valence-corrected chi connectivity index (χ0v) is 11.0. The van der Waals surface area contributed by atoms with Crippen molar-refractivity contribution >= 4 is 5.91 Å². The van der Waals surface area contributed by atoms with E-state index < -0.39 is 23.5 Å². The third kappa shape index (κ3) is 3.63. The topological polar surface area (TPSA) is 52.9 Å². The largest absolute Gasteiger partial charge is 0.350 e. The van der Waals surface area contributed by atoms with Gasteiger partial charge in [-0.15, -0.1) is 0 Å². The maximum absolute atomic E-state index is 13.4. The van der Waals surface area contributed by atoms with Crippen LogP contribution in [0.3, 0.4) is 0 Å². The number of carbonyl (C=O) groups excluding carboxylic acids is 1. The zero-order valence-electron chi connectivity index (χ0n) is 11.0. The van der Waals surface area contributed by atoms with E-state index >= 15 is 0 Å². The standard InChI is InChI=1S/C16H12F2N2O/c17-13-6-7-15(18)12(8-13)10-20-16(21)14(9-19)11-4-2-1-3-5-11/h1-8,14H,10H2,(H,20,21). The lowest BCUT2D eigenvalue weighted by Crippen LogP contribution is -2.28. The SMILES string of the molecule is N#CC(C(=O)NCc1cc(F)ccc1F)c1ccccc1. The van der Waals surface area contributed by atoms with E-state index in [9.17, 15) is 13.6 Å². The minimum Gasteiger partial charge on any atom is -0.350 e. The summed E-state index contributed by atoms with van der Waals surface area (Å²) in [5.74, 6) is -2.72. The molecule has 3 nitrogen and oxygen atoms in total. The molecule has 0 fully saturated rings. The normalized spacial score (nSPS) is 11.5. The second kappa shape index (κ2) is 6.62. The summed E-state index contributed by atoms with van der Waals surface area (Å²) in [5, 5.41) is 11.5. The molecule has 2 rings (SSSR count). The molecule has 2 aromatic carbocycles. The molecule has 0 aliphatic carbocycles. The van der Waals surface area contributed by atoms with Crippen LogP contribution in [-0.4, -0.2) is 5.91 Å². The second-order valence-electron chi connectivity index (χ2n) is 4.43. The van der Waals surface area contributed by atoms with Crippen LogP contribution in [0.5, 0.6) is 0 Å². The Morgan fingerprint density at radius 2 is 1.90 bits per heavy atom. The Hall–Kier alpha value is -2.74. The molecule has 0 aliphatic rings. The van der Waals surface area contributed by atoms with E-state index in [1.165, 1.54) is 0 Å². The van der Waals surface area contributed by atoms with Crippen LogP contribution in [0.4, 0.5) is 8.78 Å². The van der Waals surface area contributed by atoms with Gasteiger partial charge in [-0.25, -0.2) is 8.78 Å². The van der Waals surface area contributed by atoms with E-state index in [0.717, 1.165) is 18.2 Å². The van der Waals surface area contributed by atoms with Crippen LogP contribution in [0.25, 0.3) is 0 Å². The van der Waals surface area contributed by atoms with Gasteiger partial charge in [0.05, 0.1) is 6.07 Å². The monoisotopic (exact) mass is 286 g/mol. The van der Waals surface area contributed by atoms with Crippen molar-refractivity contribution in [3.05, 3.63) is 71.3 Å². The smallest absolute Gasteiger partial charge is 0.242 e. The molecule has 1 amide bonds. The van der Waals surface area contributed by atoms with E-state index in [4.69, 9.17) is 5.26 Å². The number of nitriles is 1. The minimum atomic E-state index is -0.983. The minimum absolute atomic E-state index is 0.0353. The summed E-state index contributed by atoms with van der Waals surface area (Å²) in [6.45, 7) is -0.173. The number of halogens is 2. The molecule has 21 heavy (non-hydrogen) atoms. The van der Waals surface area contributed by atoms with Crippen LogP contribution in [-0.2, 0) is 11.3 Å². The van der Waals surface area contributed by atoms with E-state index in [0.29, 0.717) is 5.56 Å². The fraction of sp³-hybridized carbons (Fsp3) is 0.125. The number of nitrogens with zero attached hydrogens (tertiary/aromatic N) is 1. The summed E-state index contributed by atoms with van der Waals surface area (Å²) in [6, 6.07) is 13.5. The number of hydrogen-bond acceptors (Lipinski definition) is 2. The fourth-order valence-electron chi connectivity index (χ4n) is 1.89. The molecule has 0 heterocycles. The average molecular weight is 286 g/mol. The molecule has 1 unspecified atom stereocenters. The highest BCUT2D eigenvalue weighted by Gasteiger charge is 2.19. The van der Waals surface area contributed by atoms with Crippen LogP contribution in [0, 0.1) is 23.0 Å². The summed E-state index contributed by atoms with van der Waals surface area (Å²) < 4.78 is 26.5. The molecule has 0 radical (unpaired) electrons. The fourth-order valence-corrected chi connectivity index (χ4v) is 1.89. The molecule has 0 spiro atoms. The van der Waals surface area contributed by atoms with Gasteiger partial charge in [0, 0.05) is 12.1 Å². The lowest BCUT2D eigenvalue weighted by molar-refractivity contribution is -0.121. The molecule has 106 valence electrons. The second-order valence-corrected chi connectivity index (χ2v) is 4.43. The first kappa shape index (κ1) is 14.7. The molecule has 0 saturated carbocycles. The predicted octanol–water partition coefficient (Wildman–Crippen LogP) is 2.89. The first-order chi connectivity index (χ1) is 10.1.